The van der Waals surface area contributed by atoms with Gasteiger partial charge in [0.2, 0.25) is 5.89 Å². The van der Waals surface area contributed by atoms with Gasteiger partial charge in [0.1, 0.15) is 0 Å². The van der Waals surface area contributed by atoms with Gasteiger partial charge in [-0.1, -0.05) is 23.4 Å². The van der Waals surface area contributed by atoms with E-state index in [1.54, 1.807) is 0 Å². The first kappa shape index (κ1) is 13.1. The van der Waals surface area contributed by atoms with Gasteiger partial charge in [-0.25, -0.2) is 0 Å². The Morgan fingerprint density at radius 1 is 1.25 bits per heavy atom. The fraction of sp³-hybridized carbons (Fsp3) is 0.385. The van der Waals surface area contributed by atoms with Crippen LogP contribution in [0.25, 0.3) is 0 Å². The van der Waals surface area contributed by atoms with E-state index in [9.17, 15) is 13.2 Å². The Kier molecular flexibility index (Phi) is 3.01. The number of aromatic nitrogens is 2. The Bertz CT molecular complexity index is 619. The van der Waals surface area contributed by atoms with Crippen LogP contribution in [0.5, 0.6) is 0 Å². The molecule has 2 N–H and O–H groups in total. The van der Waals surface area contributed by atoms with Gasteiger partial charge in [0.15, 0.2) is 5.82 Å². The lowest BCUT2D eigenvalue weighted by Crippen LogP contribution is -2.19. The van der Waals surface area contributed by atoms with Crippen molar-refractivity contribution in [3.8, 4) is 0 Å². The first-order chi connectivity index (χ1) is 9.47. The minimum atomic E-state index is -4.46. The van der Waals surface area contributed by atoms with Crippen molar-refractivity contribution < 1.29 is 17.7 Å². The van der Waals surface area contributed by atoms with Crippen LogP contribution in [0.15, 0.2) is 28.8 Å². The lowest BCUT2D eigenvalue weighted by atomic mass is 10.00. The third-order valence-corrected chi connectivity index (χ3v) is 3.26. The molecule has 0 amide bonds. The zero-order chi connectivity index (χ0) is 14.3. The molecule has 1 saturated carbocycles. The van der Waals surface area contributed by atoms with Crippen molar-refractivity contribution in [3.63, 3.8) is 0 Å². The molecule has 1 unspecified atom stereocenters. The van der Waals surface area contributed by atoms with Gasteiger partial charge in [-0.2, -0.15) is 18.2 Å². The van der Waals surface area contributed by atoms with Crippen molar-refractivity contribution in [3.05, 3.63) is 47.1 Å². The Morgan fingerprint density at radius 3 is 2.60 bits per heavy atom. The number of alkyl halides is 3. The molecule has 1 aliphatic carbocycles. The van der Waals surface area contributed by atoms with E-state index in [1.165, 1.54) is 18.2 Å². The first-order valence-corrected chi connectivity index (χ1v) is 6.22. The highest BCUT2D eigenvalue weighted by Gasteiger charge is 2.36. The maximum absolute atomic E-state index is 12.9. The lowest BCUT2D eigenvalue weighted by Gasteiger charge is -2.15. The quantitative estimate of drug-likeness (QED) is 0.940. The number of rotatable bonds is 3. The topological polar surface area (TPSA) is 64.9 Å². The Balaban J connectivity index is 1.95. The molecule has 20 heavy (non-hydrogen) atoms. The average molecular weight is 283 g/mol. The van der Waals surface area contributed by atoms with Crippen LogP contribution in [-0.4, -0.2) is 10.1 Å². The Hall–Kier alpha value is -1.89. The predicted molar refractivity (Wildman–Crippen MR) is 63.7 cm³/mol. The molecule has 3 rings (SSSR count). The summed E-state index contributed by atoms with van der Waals surface area (Å²) in [6.45, 7) is 0. The molecule has 0 saturated heterocycles. The maximum atomic E-state index is 12.9. The predicted octanol–water partition coefficient (Wildman–Crippen LogP) is 3.01. The van der Waals surface area contributed by atoms with E-state index < -0.39 is 17.8 Å². The summed E-state index contributed by atoms with van der Waals surface area (Å²) in [6, 6.07) is 4.11. The van der Waals surface area contributed by atoms with Gasteiger partial charge in [-0.3, -0.25) is 0 Å². The Labute approximate surface area is 112 Å². The molecular formula is C13H12F3N3O. The van der Waals surface area contributed by atoms with Gasteiger partial charge < -0.3 is 10.3 Å². The summed E-state index contributed by atoms with van der Waals surface area (Å²) in [5.41, 5.74) is 5.04. The third kappa shape index (κ3) is 2.40. The van der Waals surface area contributed by atoms with Gasteiger partial charge in [-0.15, -0.1) is 0 Å². The van der Waals surface area contributed by atoms with E-state index in [0.29, 0.717) is 5.89 Å². The summed E-state index contributed by atoms with van der Waals surface area (Å²) in [6.07, 6.45) is -2.52. The molecule has 7 heteroatoms. The monoisotopic (exact) mass is 283 g/mol. The highest BCUT2D eigenvalue weighted by atomic mass is 19.4. The van der Waals surface area contributed by atoms with Gasteiger partial charge in [-0.05, 0) is 24.5 Å². The number of nitrogens with zero attached hydrogens (tertiary/aromatic N) is 2. The zero-order valence-corrected chi connectivity index (χ0v) is 10.4. The SMILES string of the molecule is NC(c1noc(C2CC2)n1)c1ccccc1C(F)(F)F. The summed E-state index contributed by atoms with van der Waals surface area (Å²) in [7, 11) is 0. The fourth-order valence-corrected chi connectivity index (χ4v) is 2.04. The van der Waals surface area contributed by atoms with E-state index >= 15 is 0 Å². The smallest absolute Gasteiger partial charge is 0.339 e. The van der Waals surface area contributed by atoms with Gasteiger partial charge in [0, 0.05) is 5.92 Å². The number of benzene rings is 1. The number of hydrogen-bond donors (Lipinski definition) is 1. The molecule has 2 aromatic rings. The van der Waals surface area contributed by atoms with Crippen molar-refractivity contribution in [1.29, 1.82) is 0 Å². The van der Waals surface area contributed by atoms with E-state index in [1.807, 2.05) is 0 Å². The summed E-state index contributed by atoms with van der Waals surface area (Å²) < 4.78 is 43.9. The molecule has 0 bridgehead atoms. The molecule has 1 aromatic heterocycles. The lowest BCUT2D eigenvalue weighted by molar-refractivity contribution is -0.138. The number of halogens is 3. The summed E-state index contributed by atoms with van der Waals surface area (Å²) in [5.74, 6) is 0.782. The van der Waals surface area contributed by atoms with Crippen molar-refractivity contribution in [2.24, 2.45) is 5.73 Å². The number of hydrogen-bond acceptors (Lipinski definition) is 4. The molecular weight excluding hydrogens is 271 g/mol. The van der Waals surface area contributed by atoms with Gasteiger partial charge in [0.05, 0.1) is 11.6 Å². The highest BCUT2D eigenvalue weighted by Crippen LogP contribution is 2.40. The van der Waals surface area contributed by atoms with Gasteiger partial charge in [0.25, 0.3) is 0 Å². The molecule has 0 aliphatic heterocycles. The summed E-state index contributed by atoms with van der Waals surface area (Å²) in [5, 5.41) is 3.70. The molecule has 0 radical (unpaired) electrons. The van der Waals surface area contributed by atoms with Crippen LogP contribution in [0, 0.1) is 0 Å². The van der Waals surface area contributed by atoms with Crippen LogP contribution < -0.4 is 5.73 Å². The van der Waals surface area contributed by atoms with E-state index in [2.05, 4.69) is 10.1 Å². The van der Waals surface area contributed by atoms with Crippen LogP contribution in [0.1, 0.15) is 47.6 Å². The minimum absolute atomic E-state index is 0.0526. The fourth-order valence-electron chi connectivity index (χ4n) is 2.04. The minimum Gasteiger partial charge on any atom is -0.339 e. The zero-order valence-electron chi connectivity index (χ0n) is 10.4. The van der Waals surface area contributed by atoms with Crippen LogP contribution in [-0.2, 0) is 6.18 Å². The molecule has 1 aromatic carbocycles. The Morgan fingerprint density at radius 2 is 1.95 bits per heavy atom. The van der Waals surface area contributed by atoms with Crippen LogP contribution in [0.3, 0.4) is 0 Å². The molecule has 1 atom stereocenters. The number of nitrogens with two attached hydrogens (primary N) is 1. The van der Waals surface area contributed by atoms with Crippen molar-refractivity contribution in [1.82, 2.24) is 10.1 Å². The van der Waals surface area contributed by atoms with E-state index in [4.69, 9.17) is 10.3 Å². The summed E-state index contributed by atoms with van der Waals surface area (Å²) in [4.78, 5) is 4.10. The highest BCUT2D eigenvalue weighted by molar-refractivity contribution is 5.35. The summed E-state index contributed by atoms with van der Waals surface area (Å²) >= 11 is 0. The molecule has 1 fully saturated rings. The molecule has 1 aliphatic rings. The molecule has 0 spiro atoms. The average Bonchev–Trinajstić information content (AvgIpc) is 3.15. The first-order valence-electron chi connectivity index (χ1n) is 6.22. The second kappa shape index (κ2) is 4.59. The van der Waals surface area contributed by atoms with Crippen molar-refractivity contribution in [2.45, 2.75) is 31.0 Å². The van der Waals surface area contributed by atoms with Crippen LogP contribution in [0.2, 0.25) is 0 Å². The van der Waals surface area contributed by atoms with Gasteiger partial charge >= 0.3 is 6.18 Å². The molecule has 1 heterocycles. The van der Waals surface area contributed by atoms with Crippen LogP contribution >= 0.6 is 0 Å². The molecule has 106 valence electrons. The largest absolute Gasteiger partial charge is 0.416 e. The van der Waals surface area contributed by atoms with Crippen molar-refractivity contribution >= 4 is 0 Å². The van der Waals surface area contributed by atoms with Crippen molar-refractivity contribution in [2.75, 3.05) is 0 Å². The molecule has 4 nitrogen and oxygen atoms in total. The second-order valence-electron chi connectivity index (χ2n) is 4.83. The van der Waals surface area contributed by atoms with E-state index in [-0.39, 0.29) is 17.3 Å². The normalized spacial score (nSPS) is 17.2. The maximum Gasteiger partial charge on any atom is 0.416 e. The van der Waals surface area contributed by atoms with E-state index in [0.717, 1.165) is 18.9 Å². The second-order valence-corrected chi connectivity index (χ2v) is 4.83. The van der Waals surface area contributed by atoms with Crippen LogP contribution in [0.4, 0.5) is 13.2 Å². The third-order valence-electron chi connectivity index (χ3n) is 3.26. The standard InChI is InChI=1S/C13H12F3N3O/c14-13(15,16)9-4-2-1-3-8(9)10(17)11-18-12(20-19-11)7-5-6-7/h1-4,7,10H,5-6,17H2.